The highest BCUT2D eigenvalue weighted by Crippen LogP contribution is 2.65. The lowest BCUT2D eigenvalue weighted by Gasteiger charge is -2.31. The third-order valence-corrected chi connectivity index (χ3v) is 10.2. The summed E-state index contributed by atoms with van der Waals surface area (Å²) in [7, 11) is 5.35. The van der Waals surface area contributed by atoms with Gasteiger partial charge in [0.25, 0.3) is 0 Å². The van der Waals surface area contributed by atoms with Crippen molar-refractivity contribution in [3.8, 4) is 34.5 Å². The van der Waals surface area contributed by atoms with Gasteiger partial charge in [0, 0.05) is 11.0 Å². The molecule has 224 valence electrons. The van der Waals surface area contributed by atoms with Crippen LogP contribution in [0.5, 0.6) is 34.5 Å². The van der Waals surface area contributed by atoms with E-state index in [0.717, 1.165) is 35.5 Å². The highest BCUT2D eigenvalue weighted by Gasteiger charge is 2.57. The Morgan fingerprint density at radius 2 is 1.35 bits per heavy atom. The van der Waals surface area contributed by atoms with Gasteiger partial charge in [-0.1, -0.05) is 27.7 Å². The summed E-state index contributed by atoms with van der Waals surface area (Å²) in [4.78, 5) is 0. The van der Waals surface area contributed by atoms with Gasteiger partial charge < -0.3 is 18.9 Å². The number of halogens is 1. The summed E-state index contributed by atoms with van der Waals surface area (Å²) >= 11 is 0. The molecular formula is C36H40FN2O4+. The number of methoxy groups -OCH3 is 2. The molecule has 0 amide bonds. The van der Waals surface area contributed by atoms with Crippen molar-refractivity contribution in [3.63, 3.8) is 0 Å². The van der Waals surface area contributed by atoms with Crippen LogP contribution in [0.4, 0.5) is 4.39 Å². The maximum Gasteiger partial charge on any atom is 0.243 e. The van der Waals surface area contributed by atoms with Crippen LogP contribution in [-0.4, -0.2) is 18.8 Å². The second kappa shape index (κ2) is 9.01. The molecule has 3 aromatic carbocycles. The normalized spacial score (nSPS) is 20.1. The van der Waals surface area contributed by atoms with Crippen LogP contribution in [0.3, 0.4) is 0 Å². The van der Waals surface area contributed by atoms with E-state index in [0.29, 0.717) is 29.4 Å². The number of aryl methyl sites for hydroxylation is 1. The molecule has 4 aromatic rings. The lowest BCUT2D eigenvalue weighted by molar-refractivity contribution is -0.671. The summed E-state index contributed by atoms with van der Waals surface area (Å²) in [6, 6.07) is 8.57. The number of aromatic nitrogens is 2. The lowest BCUT2D eigenvalue weighted by Crippen LogP contribution is -2.27. The molecule has 1 unspecified atom stereocenters. The number of rotatable bonds is 4. The number of ether oxygens (including phenoxy) is 4. The smallest absolute Gasteiger partial charge is 0.243 e. The number of imidazole rings is 1. The molecule has 1 aliphatic heterocycles. The summed E-state index contributed by atoms with van der Waals surface area (Å²) in [5, 5.41) is 0. The van der Waals surface area contributed by atoms with Crippen LogP contribution >= 0.6 is 0 Å². The van der Waals surface area contributed by atoms with Gasteiger partial charge in [-0.3, -0.25) is 0 Å². The molecule has 2 aliphatic carbocycles. The number of fused-ring (bicyclic) bond motifs is 6. The standard InChI is InChI=1S/C36H40FN2O4/c1-20-21(2)31(37)33-32(22(20)16-39-11-10-38(7)19-39)42-29-13-24-26(15-30(29)43-33)36(18-35(24,5)6)17-34(3,4)23-12-27(40-8)28(41-9)14-25(23)36/h10-15,19H,16-18H2,1-9H3/q+1. The molecule has 1 atom stereocenters. The van der Waals surface area contributed by atoms with E-state index >= 15 is 4.39 Å². The molecule has 0 bridgehead atoms. The zero-order valence-electron chi connectivity index (χ0n) is 26.6. The molecule has 7 heteroatoms. The van der Waals surface area contributed by atoms with E-state index < -0.39 is 0 Å². The molecule has 1 aromatic heterocycles. The molecule has 43 heavy (non-hydrogen) atoms. The van der Waals surface area contributed by atoms with Crippen molar-refractivity contribution in [1.82, 2.24) is 4.57 Å². The molecule has 0 N–H and O–H groups in total. The Hall–Kier alpha value is -4.00. The van der Waals surface area contributed by atoms with Gasteiger partial charge in [-0.2, -0.15) is 0 Å². The second-order valence-corrected chi connectivity index (χ2v) is 14.0. The second-order valence-electron chi connectivity index (χ2n) is 14.0. The number of nitrogens with zero attached hydrogens (tertiary/aromatic N) is 2. The Bertz CT molecular complexity index is 1840. The Labute approximate surface area is 253 Å². The fraction of sp³-hybridized carbons (Fsp3) is 0.417. The Morgan fingerprint density at radius 1 is 0.814 bits per heavy atom. The number of hydrogen-bond acceptors (Lipinski definition) is 4. The van der Waals surface area contributed by atoms with Gasteiger partial charge >= 0.3 is 0 Å². The molecule has 0 fully saturated rings. The monoisotopic (exact) mass is 583 g/mol. The predicted molar refractivity (Wildman–Crippen MR) is 163 cm³/mol. The van der Waals surface area contributed by atoms with Gasteiger partial charge in [-0.25, -0.2) is 13.5 Å². The van der Waals surface area contributed by atoms with Crippen molar-refractivity contribution in [2.75, 3.05) is 14.2 Å². The zero-order chi connectivity index (χ0) is 30.6. The van der Waals surface area contributed by atoms with Crippen LogP contribution in [0, 0.1) is 19.7 Å². The van der Waals surface area contributed by atoms with E-state index in [1.807, 2.05) is 44.2 Å². The van der Waals surface area contributed by atoms with Gasteiger partial charge in [-0.15, -0.1) is 0 Å². The van der Waals surface area contributed by atoms with E-state index in [2.05, 4.69) is 56.5 Å². The number of benzene rings is 3. The average molecular weight is 584 g/mol. The minimum Gasteiger partial charge on any atom is -0.493 e. The van der Waals surface area contributed by atoms with Crippen molar-refractivity contribution in [2.45, 2.75) is 77.2 Å². The van der Waals surface area contributed by atoms with Gasteiger partial charge in [0.2, 0.25) is 12.1 Å². The van der Waals surface area contributed by atoms with E-state index in [1.165, 1.54) is 22.3 Å². The molecule has 0 radical (unpaired) electrons. The summed E-state index contributed by atoms with van der Waals surface area (Å²) in [5.41, 5.74) is 6.87. The largest absolute Gasteiger partial charge is 0.493 e. The van der Waals surface area contributed by atoms with Gasteiger partial charge in [-0.05, 0) is 95.2 Å². The van der Waals surface area contributed by atoms with E-state index in [-0.39, 0.29) is 27.8 Å². The molecule has 2 heterocycles. The van der Waals surface area contributed by atoms with Crippen molar-refractivity contribution in [2.24, 2.45) is 7.05 Å². The molecule has 0 saturated carbocycles. The Balaban J connectivity index is 1.39. The first-order chi connectivity index (χ1) is 20.3. The van der Waals surface area contributed by atoms with Crippen molar-refractivity contribution in [1.29, 1.82) is 0 Å². The third kappa shape index (κ3) is 3.86. The fourth-order valence-corrected chi connectivity index (χ4v) is 8.15. The first-order valence-electron chi connectivity index (χ1n) is 14.9. The van der Waals surface area contributed by atoms with Gasteiger partial charge in [0.05, 0.1) is 21.3 Å². The average Bonchev–Trinajstić information content (AvgIpc) is 3.55. The third-order valence-electron chi connectivity index (χ3n) is 10.2. The van der Waals surface area contributed by atoms with E-state index in [9.17, 15) is 0 Å². The Kier molecular flexibility index (Phi) is 5.83. The summed E-state index contributed by atoms with van der Waals surface area (Å²) in [6.07, 6.45) is 7.86. The highest BCUT2D eigenvalue weighted by atomic mass is 19.1. The van der Waals surface area contributed by atoms with Crippen molar-refractivity contribution < 1.29 is 27.9 Å². The van der Waals surface area contributed by atoms with Crippen molar-refractivity contribution >= 4 is 0 Å². The first kappa shape index (κ1) is 27.8. The van der Waals surface area contributed by atoms with Gasteiger partial charge in [0.1, 0.15) is 18.9 Å². The highest BCUT2D eigenvalue weighted by molar-refractivity contribution is 5.69. The predicted octanol–water partition coefficient (Wildman–Crippen LogP) is 7.68. The summed E-state index contributed by atoms with van der Waals surface area (Å²) < 4.78 is 44.5. The minimum absolute atomic E-state index is 0.0861. The molecule has 3 aliphatic rings. The summed E-state index contributed by atoms with van der Waals surface area (Å²) in [6.45, 7) is 13.5. The zero-order valence-corrected chi connectivity index (χ0v) is 26.6. The first-order valence-corrected chi connectivity index (χ1v) is 14.9. The molecular weight excluding hydrogens is 543 g/mol. The number of hydrogen-bond donors (Lipinski definition) is 0. The molecule has 6 nitrogen and oxygen atoms in total. The SMILES string of the molecule is COc1cc2c(cc1OC)C1(CC2(C)C)CC(C)(C)c2cc3c(cc21)Oc1c(F)c(C)c(C)c(Cn2cc[n+](C)c2)c1O3. The van der Waals surface area contributed by atoms with Gasteiger partial charge in [0.15, 0.2) is 34.6 Å². The summed E-state index contributed by atoms with van der Waals surface area (Å²) in [5.74, 6) is 2.89. The lowest BCUT2D eigenvalue weighted by atomic mass is 9.72. The van der Waals surface area contributed by atoms with Crippen LogP contribution < -0.4 is 23.5 Å². The maximum absolute atomic E-state index is 15.9. The maximum atomic E-state index is 15.9. The van der Waals surface area contributed by atoms with Crippen molar-refractivity contribution in [3.05, 3.63) is 87.7 Å². The molecule has 1 spiro atoms. The quantitative estimate of drug-likeness (QED) is 0.204. The van der Waals surface area contributed by atoms with Crippen LogP contribution in [0.25, 0.3) is 0 Å². The fourth-order valence-electron chi connectivity index (χ4n) is 8.15. The topological polar surface area (TPSA) is 45.7 Å². The minimum atomic E-state index is -0.375. The van der Waals surface area contributed by atoms with Crippen LogP contribution in [0.15, 0.2) is 43.0 Å². The van der Waals surface area contributed by atoms with Crippen LogP contribution in [0.1, 0.15) is 79.5 Å². The molecule has 0 saturated heterocycles. The van der Waals surface area contributed by atoms with E-state index in [4.69, 9.17) is 18.9 Å². The van der Waals surface area contributed by atoms with Crippen LogP contribution in [0.2, 0.25) is 0 Å². The molecule has 7 rings (SSSR count). The van der Waals surface area contributed by atoms with Crippen LogP contribution in [-0.2, 0) is 29.8 Å². The van der Waals surface area contributed by atoms with E-state index in [1.54, 1.807) is 14.2 Å². The Morgan fingerprint density at radius 3 is 1.93 bits per heavy atom.